The molecule has 0 heterocycles. The summed E-state index contributed by atoms with van der Waals surface area (Å²) in [5.41, 5.74) is 0. The molecule has 1 N–H and O–H groups in total. The zero-order chi connectivity index (χ0) is 7.28. The van der Waals surface area contributed by atoms with Crippen LogP contribution in [0.15, 0.2) is 0 Å². The number of esters is 1. The summed E-state index contributed by atoms with van der Waals surface area (Å²) in [5, 5.41) is 2.06. The summed E-state index contributed by atoms with van der Waals surface area (Å²) in [6.45, 7) is -0.175. The maximum absolute atomic E-state index is 10.2. The average Bonchev–Trinajstić information content (AvgIpc) is 1.83. The third-order valence-corrected chi connectivity index (χ3v) is 0.635. The summed E-state index contributed by atoms with van der Waals surface area (Å²) < 4.78 is 4.19. The molecule has 0 atom stereocenters. The molecule has 0 bridgehead atoms. The van der Waals surface area contributed by atoms with Gasteiger partial charge in [0.1, 0.15) is 6.54 Å². The van der Waals surface area contributed by atoms with Crippen molar-refractivity contribution in [3.63, 3.8) is 0 Å². The van der Waals surface area contributed by atoms with E-state index in [0.29, 0.717) is 0 Å². The smallest absolute Gasteiger partial charge is 0.325 e. The van der Waals surface area contributed by atoms with E-state index >= 15 is 0 Å². The lowest BCUT2D eigenvalue weighted by molar-refractivity contribution is -0.139. The minimum Gasteiger partial charge on any atom is -0.468 e. The van der Waals surface area contributed by atoms with E-state index in [1.54, 1.807) is 0 Å². The number of ether oxygens (including phenoxy) is 1. The van der Waals surface area contributed by atoms with Crippen LogP contribution in [-0.4, -0.2) is 33.3 Å². The first-order chi connectivity index (χ1) is 4.16. The molecule has 9 heavy (non-hydrogen) atoms. The third kappa shape index (κ3) is 4.87. The van der Waals surface area contributed by atoms with Gasteiger partial charge in [0.05, 0.1) is 7.11 Å². The fourth-order valence-electron chi connectivity index (χ4n) is 0.231. The maximum atomic E-state index is 10.2. The van der Waals surface area contributed by atoms with Crippen molar-refractivity contribution in [2.45, 2.75) is 0 Å². The summed E-state index contributed by atoms with van der Waals surface area (Å²) in [5.74, 6) is -1.26. The molecule has 0 saturated heterocycles. The Kier molecular flexibility index (Phi) is 3.51. The van der Waals surface area contributed by atoms with Crippen LogP contribution in [0.5, 0.6) is 0 Å². The summed E-state index contributed by atoms with van der Waals surface area (Å²) in [6.07, 6.45) is 0. The molecular formula is C4H6BNO3. The number of carbonyl (C=O) groups is 2. The molecule has 0 aliphatic carbocycles. The summed E-state index contributed by atoms with van der Waals surface area (Å²) in [7, 11) is 5.86. The zero-order valence-corrected chi connectivity index (χ0v) is 5.01. The topological polar surface area (TPSA) is 55.4 Å². The molecule has 0 aromatic heterocycles. The predicted octanol–water partition coefficient (Wildman–Crippen LogP) is -0.963. The molecule has 5 heteroatoms. The van der Waals surface area contributed by atoms with Crippen molar-refractivity contribution in [2.24, 2.45) is 0 Å². The summed E-state index contributed by atoms with van der Waals surface area (Å²) in [6, 6.07) is 0. The number of methoxy groups -OCH3 is 1. The van der Waals surface area contributed by atoms with Crippen LogP contribution in [0.3, 0.4) is 0 Å². The van der Waals surface area contributed by atoms with Crippen molar-refractivity contribution in [3.8, 4) is 0 Å². The van der Waals surface area contributed by atoms with E-state index in [0.717, 1.165) is 0 Å². The largest absolute Gasteiger partial charge is 0.468 e. The molecule has 0 fully saturated rings. The predicted molar refractivity (Wildman–Crippen MR) is 31.2 cm³/mol. The van der Waals surface area contributed by atoms with Gasteiger partial charge in [-0.25, -0.2) is 0 Å². The quantitative estimate of drug-likeness (QED) is 0.383. The number of hydrogen-bond acceptors (Lipinski definition) is 3. The molecule has 2 radical (unpaired) electrons. The summed E-state index contributed by atoms with van der Waals surface area (Å²) in [4.78, 5) is 20.1. The van der Waals surface area contributed by atoms with Crippen molar-refractivity contribution in [1.82, 2.24) is 5.32 Å². The van der Waals surface area contributed by atoms with Gasteiger partial charge in [-0.3, -0.25) is 9.59 Å². The highest BCUT2D eigenvalue weighted by Crippen LogP contribution is 1.68. The normalized spacial score (nSPS) is 8.11. The summed E-state index contributed by atoms with van der Waals surface area (Å²) >= 11 is 0. The van der Waals surface area contributed by atoms with E-state index in [2.05, 4.69) is 17.9 Å². The number of nitrogens with one attached hydrogen (secondary N) is 1. The molecule has 0 aromatic carbocycles. The molecule has 0 saturated carbocycles. The Morgan fingerprint density at radius 2 is 2.22 bits per heavy atom. The molecule has 0 aliphatic heterocycles. The number of amides is 1. The van der Waals surface area contributed by atoms with Crippen LogP contribution in [0.25, 0.3) is 0 Å². The maximum Gasteiger partial charge on any atom is 0.325 e. The molecule has 0 unspecified atom stereocenters. The number of hydrogen-bond donors (Lipinski definition) is 1. The highest BCUT2D eigenvalue weighted by Gasteiger charge is 1.97. The molecule has 0 spiro atoms. The van der Waals surface area contributed by atoms with Gasteiger partial charge in [-0.15, -0.1) is 0 Å². The monoisotopic (exact) mass is 127 g/mol. The second-order valence-corrected chi connectivity index (χ2v) is 1.29. The second kappa shape index (κ2) is 3.94. The Morgan fingerprint density at radius 3 is 2.56 bits per heavy atom. The fourth-order valence-corrected chi connectivity index (χ4v) is 0.231. The van der Waals surface area contributed by atoms with Crippen LogP contribution in [0.2, 0.25) is 0 Å². The van der Waals surface area contributed by atoms with E-state index < -0.39 is 11.8 Å². The van der Waals surface area contributed by atoms with Gasteiger partial charge >= 0.3 is 5.97 Å². The lowest BCUT2D eigenvalue weighted by Gasteiger charge is -1.97. The minimum absolute atomic E-state index is 0.175. The van der Waals surface area contributed by atoms with Crippen molar-refractivity contribution in [1.29, 1.82) is 0 Å². The molecule has 0 aromatic rings. The first-order valence-electron chi connectivity index (χ1n) is 2.27. The molecular weight excluding hydrogens is 121 g/mol. The van der Waals surface area contributed by atoms with Gasteiger partial charge in [-0.05, 0) is 0 Å². The van der Waals surface area contributed by atoms with E-state index in [-0.39, 0.29) is 6.54 Å². The molecule has 48 valence electrons. The standard InChI is InChI=1S/C4H6BNO3/c1-9-3(7)2-6-4(5)8/h2H2,1H3,(H,6,8). The Balaban J connectivity index is 3.28. The Bertz CT molecular complexity index is 125. The van der Waals surface area contributed by atoms with Gasteiger partial charge in [0, 0.05) is 0 Å². The van der Waals surface area contributed by atoms with Crippen molar-refractivity contribution >= 4 is 19.6 Å². The average molecular weight is 127 g/mol. The van der Waals surface area contributed by atoms with Crippen LogP contribution >= 0.6 is 0 Å². The van der Waals surface area contributed by atoms with Gasteiger partial charge in [0.15, 0.2) is 5.81 Å². The van der Waals surface area contributed by atoms with Gasteiger partial charge in [-0.2, -0.15) is 0 Å². The van der Waals surface area contributed by atoms with Crippen molar-refractivity contribution in [3.05, 3.63) is 0 Å². The van der Waals surface area contributed by atoms with E-state index in [1.165, 1.54) is 7.11 Å². The van der Waals surface area contributed by atoms with Crippen LogP contribution < -0.4 is 5.32 Å². The second-order valence-electron chi connectivity index (χ2n) is 1.29. The number of carbonyl (C=O) groups excluding carboxylic acids is 2. The fraction of sp³-hybridized carbons (Fsp3) is 0.500. The highest BCUT2D eigenvalue weighted by atomic mass is 16.5. The lowest BCUT2D eigenvalue weighted by atomic mass is 10.1. The Morgan fingerprint density at radius 1 is 1.67 bits per heavy atom. The van der Waals surface area contributed by atoms with E-state index in [9.17, 15) is 9.59 Å². The van der Waals surface area contributed by atoms with E-state index in [1.807, 2.05) is 0 Å². The van der Waals surface area contributed by atoms with Crippen molar-refractivity contribution in [2.75, 3.05) is 13.7 Å². The first kappa shape index (κ1) is 8.00. The lowest BCUT2D eigenvalue weighted by Crippen LogP contribution is -2.28. The van der Waals surface area contributed by atoms with E-state index in [4.69, 9.17) is 0 Å². The van der Waals surface area contributed by atoms with Gasteiger partial charge < -0.3 is 10.1 Å². The van der Waals surface area contributed by atoms with Crippen LogP contribution in [-0.2, 0) is 9.53 Å². The zero-order valence-electron chi connectivity index (χ0n) is 5.01. The van der Waals surface area contributed by atoms with Crippen molar-refractivity contribution < 1.29 is 14.3 Å². The molecule has 0 aliphatic rings. The first-order valence-corrected chi connectivity index (χ1v) is 2.27. The Hall–Kier alpha value is -0.995. The highest BCUT2D eigenvalue weighted by molar-refractivity contribution is 6.57. The van der Waals surface area contributed by atoms with Crippen LogP contribution in [0.1, 0.15) is 0 Å². The molecule has 0 rings (SSSR count). The third-order valence-electron chi connectivity index (χ3n) is 0.635. The van der Waals surface area contributed by atoms with Crippen LogP contribution in [0, 0.1) is 0 Å². The SMILES string of the molecule is [B]C(=O)NCC(=O)OC. The Labute approximate surface area is 54.0 Å². The number of rotatable bonds is 2. The minimum atomic E-state index is -0.736. The molecule has 4 nitrogen and oxygen atoms in total. The van der Waals surface area contributed by atoms with Gasteiger partial charge in [0.2, 0.25) is 7.85 Å². The van der Waals surface area contributed by atoms with Crippen LogP contribution in [0.4, 0.5) is 4.79 Å². The molecule has 1 amide bonds. The van der Waals surface area contributed by atoms with Gasteiger partial charge in [0.25, 0.3) is 0 Å². The van der Waals surface area contributed by atoms with Gasteiger partial charge in [-0.1, -0.05) is 0 Å².